The minimum atomic E-state index is -0.0462. The van der Waals surface area contributed by atoms with E-state index in [4.69, 9.17) is 10.5 Å². The molecule has 1 aromatic heterocycles. The highest BCUT2D eigenvalue weighted by molar-refractivity contribution is 7.17. The Morgan fingerprint density at radius 1 is 1.44 bits per heavy atom. The molecule has 2 unspecified atom stereocenters. The number of morpholine rings is 1. The van der Waals surface area contributed by atoms with Crippen molar-refractivity contribution in [3.63, 3.8) is 0 Å². The molecular formula is C14H18N2OS. The summed E-state index contributed by atoms with van der Waals surface area (Å²) in [5.41, 5.74) is 7.62. The third kappa shape index (κ3) is 2.17. The first kappa shape index (κ1) is 12.1. The molecule has 0 aliphatic carbocycles. The van der Waals surface area contributed by atoms with Gasteiger partial charge in [-0.25, -0.2) is 0 Å². The Morgan fingerprint density at radius 3 is 3.17 bits per heavy atom. The fourth-order valence-corrected chi connectivity index (χ4v) is 3.47. The van der Waals surface area contributed by atoms with E-state index in [9.17, 15) is 0 Å². The summed E-state index contributed by atoms with van der Waals surface area (Å²) in [7, 11) is 2.12. The quantitative estimate of drug-likeness (QED) is 0.902. The van der Waals surface area contributed by atoms with Gasteiger partial charge < -0.3 is 15.4 Å². The normalized spacial score (nSPS) is 23.3. The smallest absolute Gasteiger partial charge is 0.0895 e. The van der Waals surface area contributed by atoms with Crippen LogP contribution in [0.25, 0.3) is 10.1 Å². The van der Waals surface area contributed by atoms with E-state index in [2.05, 4.69) is 41.6 Å². The van der Waals surface area contributed by atoms with Gasteiger partial charge in [-0.15, -0.1) is 11.3 Å². The van der Waals surface area contributed by atoms with Gasteiger partial charge in [0, 0.05) is 17.8 Å². The second kappa shape index (κ2) is 4.97. The van der Waals surface area contributed by atoms with Crippen molar-refractivity contribution in [3.8, 4) is 0 Å². The Hall–Kier alpha value is -0.940. The van der Waals surface area contributed by atoms with E-state index < -0.39 is 0 Å². The monoisotopic (exact) mass is 262 g/mol. The van der Waals surface area contributed by atoms with Crippen molar-refractivity contribution in [3.05, 3.63) is 35.2 Å². The van der Waals surface area contributed by atoms with Crippen LogP contribution in [0, 0.1) is 0 Å². The first-order valence-electron chi connectivity index (χ1n) is 6.27. The van der Waals surface area contributed by atoms with Gasteiger partial charge in [0.25, 0.3) is 0 Å². The van der Waals surface area contributed by atoms with Crippen molar-refractivity contribution in [2.24, 2.45) is 5.73 Å². The third-order valence-corrected chi connectivity index (χ3v) is 4.54. The average Bonchev–Trinajstić information content (AvgIpc) is 2.86. The number of thiophene rings is 1. The molecule has 0 spiro atoms. The molecule has 4 heteroatoms. The molecule has 2 N–H and O–H groups in total. The number of nitrogens with zero attached hydrogens (tertiary/aromatic N) is 1. The summed E-state index contributed by atoms with van der Waals surface area (Å²) in [4.78, 5) is 2.28. The molecular weight excluding hydrogens is 244 g/mol. The molecule has 0 radical (unpaired) electrons. The number of likely N-dealkylation sites (N-methyl/N-ethyl adjacent to an activating group) is 1. The van der Waals surface area contributed by atoms with Crippen molar-refractivity contribution in [1.29, 1.82) is 0 Å². The lowest BCUT2D eigenvalue weighted by molar-refractivity contribution is -0.0323. The molecule has 1 aliphatic rings. The average molecular weight is 262 g/mol. The van der Waals surface area contributed by atoms with Crippen LogP contribution in [0.2, 0.25) is 0 Å². The van der Waals surface area contributed by atoms with Crippen LogP contribution in [0.4, 0.5) is 0 Å². The lowest BCUT2D eigenvalue weighted by Crippen LogP contribution is -2.45. The maximum Gasteiger partial charge on any atom is 0.0895 e. The summed E-state index contributed by atoms with van der Waals surface area (Å²) in [6.45, 7) is 2.67. The van der Waals surface area contributed by atoms with Gasteiger partial charge in [0.2, 0.25) is 0 Å². The Kier molecular flexibility index (Phi) is 3.35. The molecule has 3 rings (SSSR count). The van der Waals surface area contributed by atoms with Crippen LogP contribution in [-0.4, -0.2) is 37.7 Å². The molecule has 2 atom stereocenters. The van der Waals surface area contributed by atoms with Crippen LogP contribution in [0.5, 0.6) is 0 Å². The Morgan fingerprint density at radius 2 is 2.33 bits per heavy atom. The molecule has 1 aliphatic heterocycles. The first-order valence-corrected chi connectivity index (χ1v) is 7.15. The summed E-state index contributed by atoms with van der Waals surface area (Å²) in [6.07, 6.45) is 0.0939. The van der Waals surface area contributed by atoms with E-state index >= 15 is 0 Å². The first-order chi connectivity index (χ1) is 8.75. The van der Waals surface area contributed by atoms with Crippen LogP contribution in [0.15, 0.2) is 29.6 Å². The molecule has 2 heterocycles. The maximum absolute atomic E-state index is 6.41. The van der Waals surface area contributed by atoms with E-state index in [0.717, 1.165) is 19.7 Å². The van der Waals surface area contributed by atoms with Gasteiger partial charge in [-0.1, -0.05) is 18.2 Å². The summed E-state index contributed by atoms with van der Waals surface area (Å²) in [6, 6.07) is 8.44. The fourth-order valence-electron chi connectivity index (χ4n) is 2.51. The molecule has 96 valence electrons. The van der Waals surface area contributed by atoms with Gasteiger partial charge in [0.1, 0.15) is 0 Å². The Bertz CT molecular complexity index is 539. The molecule has 1 aromatic carbocycles. The zero-order valence-electron chi connectivity index (χ0n) is 10.5. The molecule has 18 heavy (non-hydrogen) atoms. The number of fused-ring (bicyclic) bond motifs is 1. The van der Waals surface area contributed by atoms with Crippen molar-refractivity contribution in [2.45, 2.75) is 12.1 Å². The second-order valence-electron chi connectivity index (χ2n) is 4.88. The van der Waals surface area contributed by atoms with Crippen molar-refractivity contribution >= 4 is 21.4 Å². The van der Waals surface area contributed by atoms with Crippen molar-refractivity contribution in [2.75, 3.05) is 26.7 Å². The summed E-state index contributed by atoms with van der Waals surface area (Å²) in [5, 5.41) is 3.39. The van der Waals surface area contributed by atoms with Gasteiger partial charge in [-0.05, 0) is 29.4 Å². The topological polar surface area (TPSA) is 38.5 Å². The summed E-state index contributed by atoms with van der Waals surface area (Å²) < 4.78 is 7.12. The molecule has 0 bridgehead atoms. The summed E-state index contributed by atoms with van der Waals surface area (Å²) in [5.74, 6) is 0. The zero-order chi connectivity index (χ0) is 12.5. The number of benzene rings is 1. The number of hydrogen-bond acceptors (Lipinski definition) is 4. The minimum absolute atomic E-state index is 0.0462. The summed E-state index contributed by atoms with van der Waals surface area (Å²) >= 11 is 1.76. The Balaban J connectivity index is 1.91. The molecule has 3 nitrogen and oxygen atoms in total. The van der Waals surface area contributed by atoms with Crippen LogP contribution in [0.1, 0.15) is 11.6 Å². The predicted molar refractivity (Wildman–Crippen MR) is 76.0 cm³/mol. The second-order valence-corrected chi connectivity index (χ2v) is 5.80. The predicted octanol–water partition coefficient (Wildman–Crippen LogP) is 2.23. The largest absolute Gasteiger partial charge is 0.374 e. The highest BCUT2D eigenvalue weighted by Crippen LogP contribution is 2.30. The maximum atomic E-state index is 6.41. The third-order valence-electron chi connectivity index (χ3n) is 3.57. The van der Waals surface area contributed by atoms with Gasteiger partial charge in [0.15, 0.2) is 0 Å². The number of hydrogen-bond donors (Lipinski definition) is 1. The Labute approximate surface area is 111 Å². The molecule has 2 aromatic rings. The number of nitrogens with two attached hydrogens (primary N) is 1. The van der Waals surface area contributed by atoms with Gasteiger partial charge in [-0.3, -0.25) is 0 Å². The number of rotatable bonds is 2. The van der Waals surface area contributed by atoms with Crippen LogP contribution in [-0.2, 0) is 4.74 Å². The van der Waals surface area contributed by atoms with Gasteiger partial charge in [-0.2, -0.15) is 0 Å². The molecule has 1 fully saturated rings. The number of ether oxygens (including phenoxy) is 1. The van der Waals surface area contributed by atoms with E-state index in [1.165, 1.54) is 15.6 Å². The zero-order valence-corrected chi connectivity index (χ0v) is 11.3. The lowest BCUT2D eigenvalue weighted by atomic mass is 10.00. The highest BCUT2D eigenvalue weighted by atomic mass is 32.1. The van der Waals surface area contributed by atoms with E-state index in [-0.39, 0.29) is 12.1 Å². The van der Waals surface area contributed by atoms with Gasteiger partial charge in [0.05, 0.1) is 18.8 Å². The van der Waals surface area contributed by atoms with E-state index in [0.29, 0.717) is 0 Å². The van der Waals surface area contributed by atoms with Crippen LogP contribution in [0.3, 0.4) is 0 Å². The van der Waals surface area contributed by atoms with Crippen molar-refractivity contribution in [1.82, 2.24) is 4.90 Å². The molecule has 1 saturated heterocycles. The standard InChI is InChI=1S/C14H18N2OS/c1-16-6-7-17-12(9-16)13(15)11-4-2-3-10-5-8-18-14(10)11/h2-5,8,12-13H,6-7,9,15H2,1H3. The van der Waals surface area contributed by atoms with Crippen molar-refractivity contribution < 1.29 is 4.74 Å². The molecule has 0 saturated carbocycles. The SMILES string of the molecule is CN1CCOC(C(N)c2cccc3ccsc23)C1. The van der Waals surface area contributed by atoms with E-state index in [1.54, 1.807) is 11.3 Å². The van der Waals surface area contributed by atoms with E-state index in [1.807, 2.05) is 0 Å². The lowest BCUT2D eigenvalue weighted by Gasteiger charge is -2.33. The molecule has 0 amide bonds. The fraction of sp³-hybridized carbons (Fsp3) is 0.429. The highest BCUT2D eigenvalue weighted by Gasteiger charge is 2.26. The minimum Gasteiger partial charge on any atom is -0.374 e. The van der Waals surface area contributed by atoms with Crippen LogP contribution >= 0.6 is 11.3 Å². The van der Waals surface area contributed by atoms with Crippen LogP contribution < -0.4 is 5.73 Å². The van der Waals surface area contributed by atoms with Gasteiger partial charge >= 0.3 is 0 Å².